The second-order valence-electron chi connectivity index (χ2n) is 4.54. The fourth-order valence-corrected chi connectivity index (χ4v) is 2.45. The van der Waals surface area contributed by atoms with Crippen molar-refractivity contribution in [1.82, 2.24) is 4.90 Å². The Labute approximate surface area is 121 Å². The van der Waals surface area contributed by atoms with Gasteiger partial charge in [-0.05, 0) is 12.1 Å². The lowest BCUT2D eigenvalue weighted by atomic mass is 10.1. The molecule has 1 aliphatic heterocycles. The van der Waals surface area contributed by atoms with Crippen molar-refractivity contribution in [2.24, 2.45) is 0 Å². The maximum Gasteiger partial charge on any atom is 0.254 e. The molecule has 0 spiro atoms. The number of hydrogen-bond donors (Lipinski definition) is 2. The lowest BCUT2D eigenvalue weighted by Gasteiger charge is -2.17. The van der Waals surface area contributed by atoms with E-state index < -0.39 is 12.2 Å². The zero-order valence-electron chi connectivity index (χ0n) is 11.2. The molecular weight excluding hydrogens is 286 g/mol. The van der Waals surface area contributed by atoms with Crippen molar-refractivity contribution < 1.29 is 24.5 Å². The van der Waals surface area contributed by atoms with Crippen LogP contribution in [-0.4, -0.2) is 60.5 Å². The lowest BCUT2D eigenvalue weighted by Crippen LogP contribution is -2.29. The Morgan fingerprint density at radius 2 is 1.85 bits per heavy atom. The average molecular weight is 302 g/mol. The molecule has 1 amide bonds. The monoisotopic (exact) mass is 301 g/mol. The average Bonchev–Trinajstić information content (AvgIpc) is 2.76. The van der Waals surface area contributed by atoms with Crippen molar-refractivity contribution in [3.05, 3.63) is 22.7 Å². The first-order valence-electron chi connectivity index (χ1n) is 6.04. The number of ether oxygens (including phenoxy) is 2. The van der Waals surface area contributed by atoms with Crippen LogP contribution < -0.4 is 9.47 Å². The second kappa shape index (κ2) is 5.87. The summed E-state index contributed by atoms with van der Waals surface area (Å²) in [6.45, 7) is 0.178. The number of nitrogens with zero attached hydrogens (tertiary/aromatic N) is 1. The second-order valence-corrected chi connectivity index (χ2v) is 4.95. The summed E-state index contributed by atoms with van der Waals surface area (Å²) in [6, 6.07) is 2.99. The normalized spacial score (nSPS) is 21.9. The van der Waals surface area contributed by atoms with Gasteiger partial charge in [-0.25, -0.2) is 0 Å². The third-order valence-corrected chi connectivity index (χ3v) is 3.51. The van der Waals surface area contributed by atoms with Crippen LogP contribution in [-0.2, 0) is 0 Å². The van der Waals surface area contributed by atoms with Crippen LogP contribution in [0.2, 0.25) is 5.02 Å². The fraction of sp³-hybridized carbons (Fsp3) is 0.462. The van der Waals surface area contributed by atoms with Crippen molar-refractivity contribution in [1.29, 1.82) is 0 Å². The SMILES string of the molecule is COc1cc(C(=O)N2CC(O)C(O)C2)cc(Cl)c1OC. The van der Waals surface area contributed by atoms with E-state index in [0.29, 0.717) is 17.1 Å². The van der Waals surface area contributed by atoms with Crippen molar-refractivity contribution in [2.75, 3.05) is 27.3 Å². The van der Waals surface area contributed by atoms with Crippen LogP contribution in [0, 0.1) is 0 Å². The summed E-state index contributed by atoms with van der Waals surface area (Å²) in [5.41, 5.74) is 0.314. The Balaban J connectivity index is 2.29. The summed E-state index contributed by atoms with van der Waals surface area (Å²) in [7, 11) is 2.91. The van der Waals surface area contributed by atoms with Crippen LogP contribution in [0.5, 0.6) is 11.5 Å². The molecule has 110 valence electrons. The molecular formula is C13H16ClNO5. The Hall–Kier alpha value is -1.50. The molecule has 0 aromatic heterocycles. The lowest BCUT2D eigenvalue weighted by molar-refractivity contribution is 0.0572. The number of amides is 1. The number of halogens is 1. The quantitative estimate of drug-likeness (QED) is 0.851. The number of benzene rings is 1. The number of aliphatic hydroxyl groups is 2. The number of methoxy groups -OCH3 is 2. The van der Waals surface area contributed by atoms with Gasteiger partial charge in [0.1, 0.15) is 0 Å². The van der Waals surface area contributed by atoms with E-state index in [1.165, 1.54) is 31.3 Å². The van der Waals surface area contributed by atoms with Crippen LogP contribution in [0.4, 0.5) is 0 Å². The van der Waals surface area contributed by atoms with Gasteiger partial charge in [-0.2, -0.15) is 0 Å². The summed E-state index contributed by atoms with van der Waals surface area (Å²) >= 11 is 6.05. The zero-order valence-corrected chi connectivity index (χ0v) is 11.9. The van der Waals surface area contributed by atoms with E-state index >= 15 is 0 Å². The minimum absolute atomic E-state index is 0.0892. The van der Waals surface area contributed by atoms with E-state index in [2.05, 4.69) is 0 Å². The van der Waals surface area contributed by atoms with Gasteiger partial charge in [0.15, 0.2) is 11.5 Å². The van der Waals surface area contributed by atoms with E-state index in [-0.39, 0.29) is 24.0 Å². The molecule has 1 aliphatic rings. The highest BCUT2D eigenvalue weighted by Crippen LogP contribution is 2.36. The van der Waals surface area contributed by atoms with Gasteiger partial charge in [-0.3, -0.25) is 4.79 Å². The topological polar surface area (TPSA) is 79.2 Å². The maximum absolute atomic E-state index is 12.3. The van der Waals surface area contributed by atoms with Gasteiger partial charge < -0.3 is 24.6 Å². The molecule has 0 bridgehead atoms. The number of carbonyl (C=O) groups excluding carboxylic acids is 1. The van der Waals surface area contributed by atoms with E-state index in [1.807, 2.05) is 0 Å². The van der Waals surface area contributed by atoms with Gasteiger partial charge in [-0.15, -0.1) is 0 Å². The predicted octanol–water partition coefficient (Wildman–Crippen LogP) is 0.535. The number of carbonyl (C=O) groups is 1. The minimum atomic E-state index is -0.922. The third-order valence-electron chi connectivity index (χ3n) is 3.23. The van der Waals surface area contributed by atoms with Crippen LogP contribution in [0.1, 0.15) is 10.4 Å². The first kappa shape index (κ1) is 14.9. The third kappa shape index (κ3) is 2.67. The molecule has 7 heteroatoms. The van der Waals surface area contributed by atoms with Crippen LogP contribution in [0.25, 0.3) is 0 Å². The molecule has 1 aromatic carbocycles. The fourth-order valence-electron chi connectivity index (χ4n) is 2.16. The van der Waals surface area contributed by atoms with E-state index in [9.17, 15) is 15.0 Å². The smallest absolute Gasteiger partial charge is 0.254 e. The summed E-state index contributed by atoms with van der Waals surface area (Å²) in [6.07, 6.45) is -1.84. The molecule has 1 fully saturated rings. The highest BCUT2D eigenvalue weighted by Gasteiger charge is 2.33. The van der Waals surface area contributed by atoms with Crippen molar-refractivity contribution in [3.63, 3.8) is 0 Å². The highest BCUT2D eigenvalue weighted by atomic mass is 35.5. The first-order chi connectivity index (χ1) is 9.47. The Morgan fingerprint density at radius 3 is 2.35 bits per heavy atom. The molecule has 0 aliphatic carbocycles. The van der Waals surface area contributed by atoms with Gasteiger partial charge in [-0.1, -0.05) is 11.6 Å². The first-order valence-corrected chi connectivity index (χ1v) is 6.42. The van der Waals surface area contributed by atoms with Crippen molar-refractivity contribution >= 4 is 17.5 Å². The molecule has 20 heavy (non-hydrogen) atoms. The minimum Gasteiger partial charge on any atom is -0.493 e. The molecule has 1 saturated heterocycles. The molecule has 2 N–H and O–H groups in total. The summed E-state index contributed by atoms with van der Waals surface area (Å²) in [4.78, 5) is 13.7. The Morgan fingerprint density at radius 1 is 1.25 bits per heavy atom. The summed E-state index contributed by atoms with van der Waals surface area (Å²) in [5.74, 6) is 0.374. The number of hydrogen-bond acceptors (Lipinski definition) is 5. The number of rotatable bonds is 3. The van der Waals surface area contributed by atoms with Crippen molar-refractivity contribution in [3.8, 4) is 11.5 Å². The molecule has 0 radical (unpaired) electrons. The van der Waals surface area contributed by atoms with Crippen LogP contribution in [0.15, 0.2) is 12.1 Å². The highest BCUT2D eigenvalue weighted by molar-refractivity contribution is 6.32. The molecule has 2 atom stereocenters. The summed E-state index contributed by atoms with van der Waals surface area (Å²) < 4.78 is 10.2. The number of aliphatic hydroxyl groups excluding tert-OH is 2. The largest absolute Gasteiger partial charge is 0.493 e. The Bertz CT molecular complexity index is 512. The Kier molecular flexibility index (Phi) is 4.37. The zero-order chi connectivity index (χ0) is 14.9. The van der Waals surface area contributed by atoms with Crippen molar-refractivity contribution in [2.45, 2.75) is 12.2 Å². The van der Waals surface area contributed by atoms with Gasteiger partial charge in [0.05, 0.1) is 31.5 Å². The molecule has 6 nitrogen and oxygen atoms in total. The predicted molar refractivity (Wildman–Crippen MR) is 72.5 cm³/mol. The molecule has 2 rings (SSSR count). The van der Waals surface area contributed by atoms with E-state index in [0.717, 1.165) is 0 Å². The van der Waals surface area contributed by atoms with E-state index in [4.69, 9.17) is 21.1 Å². The number of likely N-dealkylation sites (tertiary alicyclic amines) is 1. The van der Waals surface area contributed by atoms with Gasteiger partial charge >= 0.3 is 0 Å². The molecule has 1 heterocycles. The van der Waals surface area contributed by atoms with Gasteiger partial charge in [0.2, 0.25) is 0 Å². The van der Waals surface area contributed by atoms with Crippen LogP contribution >= 0.6 is 11.6 Å². The summed E-state index contributed by atoms with van der Waals surface area (Å²) in [5, 5.41) is 19.2. The van der Waals surface area contributed by atoms with Gasteiger partial charge in [0.25, 0.3) is 5.91 Å². The number of β-amino-alcohol motifs (C(OH)–C–C–N with tert-alkyl or cyclic N) is 2. The van der Waals surface area contributed by atoms with Crippen LogP contribution in [0.3, 0.4) is 0 Å². The molecule has 1 aromatic rings. The van der Waals surface area contributed by atoms with E-state index in [1.54, 1.807) is 0 Å². The molecule has 2 unspecified atom stereocenters. The molecule has 0 saturated carbocycles. The van der Waals surface area contributed by atoms with Gasteiger partial charge in [0, 0.05) is 18.7 Å². The standard InChI is InChI=1S/C13H16ClNO5/c1-19-11-4-7(3-8(14)12(11)20-2)13(18)15-5-9(16)10(17)6-15/h3-4,9-10,16-17H,5-6H2,1-2H3. The maximum atomic E-state index is 12.3.